The Bertz CT molecular complexity index is 663. The van der Waals surface area contributed by atoms with Crippen LogP contribution in [0.2, 0.25) is 0 Å². The molecule has 5 atom stereocenters. The minimum absolute atomic E-state index is 0.0241. The van der Waals surface area contributed by atoms with Gasteiger partial charge < -0.3 is 19.7 Å². The molecule has 0 aliphatic heterocycles. The van der Waals surface area contributed by atoms with Crippen LogP contribution in [-0.2, 0) is 23.9 Å². The van der Waals surface area contributed by atoms with Gasteiger partial charge >= 0.3 is 17.9 Å². The molecule has 0 radical (unpaired) electrons. The molecule has 0 spiro atoms. The molecule has 0 aromatic carbocycles. The van der Waals surface area contributed by atoms with Crippen molar-refractivity contribution in [2.75, 3.05) is 0 Å². The van der Waals surface area contributed by atoms with Gasteiger partial charge in [0.15, 0.2) is 0 Å². The van der Waals surface area contributed by atoms with Crippen LogP contribution < -0.4 is 0 Å². The fourth-order valence-corrected chi connectivity index (χ4v) is 4.32. The number of hydrogen-bond donors (Lipinski definition) is 2. The number of rotatable bonds is 14. The van der Waals surface area contributed by atoms with Crippen LogP contribution in [0.15, 0.2) is 23.8 Å². The van der Waals surface area contributed by atoms with Gasteiger partial charge in [-0.05, 0) is 39.5 Å². The minimum Gasteiger partial charge on any atom is -0.481 e. The highest BCUT2D eigenvalue weighted by Gasteiger charge is 2.45. The maximum Gasteiger partial charge on any atom is 0.303 e. The minimum atomic E-state index is -0.784. The first-order chi connectivity index (χ1) is 15.1. The lowest BCUT2D eigenvalue weighted by atomic mass is 9.87. The van der Waals surface area contributed by atoms with Crippen LogP contribution in [0.5, 0.6) is 0 Å². The zero-order valence-electron chi connectivity index (χ0n) is 19.9. The summed E-state index contributed by atoms with van der Waals surface area (Å²) in [5.41, 5.74) is 1.21. The Morgan fingerprint density at radius 2 is 1.59 bits per heavy atom. The van der Waals surface area contributed by atoms with E-state index in [0.29, 0.717) is 19.3 Å². The van der Waals surface area contributed by atoms with Crippen LogP contribution in [0.1, 0.15) is 85.5 Å². The molecular formula is C25H40O7. The summed E-state index contributed by atoms with van der Waals surface area (Å²) in [6.45, 7) is 6.78. The van der Waals surface area contributed by atoms with E-state index in [1.807, 2.05) is 19.9 Å². The summed E-state index contributed by atoms with van der Waals surface area (Å²) >= 11 is 0. The second kappa shape index (κ2) is 14.8. The molecule has 0 aromatic rings. The molecule has 182 valence electrons. The average Bonchev–Trinajstić information content (AvgIpc) is 2.96. The zero-order valence-corrected chi connectivity index (χ0v) is 19.9. The van der Waals surface area contributed by atoms with Crippen LogP contribution in [0.4, 0.5) is 0 Å². The van der Waals surface area contributed by atoms with E-state index in [4.69, 9.17) is 14.6 Å². The maximum absolute atomic E-state index is 11.7. The molecule has 32 heavy (non-hydrogen) atoms. The number of aliphatic carboxylic acids is 1. The van der Waals surface area contributed by atoms with Gasteiger partial charge in [-0.15, -0.1) is 0 Å². The third-order valence-corrected chi connectivity index (χ3v) is 5.75. The van der Waals surface area contributed by atoms with Crippen molar-refractivity contribution in [1.29, 1.82) is 0 Å². The van der Waals surface area contributed by atoms with E-state index in [-0.39, 0.29) is 36.3 Å². The van der Waals surface area contributed by atoms with E-state index in [0.717, 1.165) is 32.1 Å². The Kier molecular flexibility index (Phi) is 12.9. The highest BCUT2D eigenvalue weighted by Crippen LogP contribution is 2.41. The van der Waals surface area contributed by atoms with E-state index >= 15 is 0 Å². The smallest absolute Gasteiger partial charge is 0.303 e. The van der Waals surface area contributed by atoms with Crippen LogP contribution in [0.3, 0.4) is 0 Å². The average molecular weight is 453 g/mol. The number of carboxylic acid groups (broad SMARTS) is 1. The summed E-state index contributed by atoms with van der Waals surface area (Å²) in [4.78, 5) is 34.0. The SMILES string of the molecule is CC(=O)O[C@H]1C[C@@H](OC(C)=O)[C@H](/C=C/[C@H](O)CCC=C(C)C)[C@H]1CCCCCCC(=O)O. The molecular weight excluding hydrogens is 412 g/mol. The Hall–Kier alpha value is -2.15. The van der Waals surface area contributed by atoms with Gasteiger partial charge in [-0.25, -0.2) is 0 Å². The molecule has 0 aromatic heterocycles. The summed E-state index contributed by atoms with van der Waals surface area (Å²) in [6, 6.07) is 0. The molecule has 0 amide bonds. The fraction of sp³-hybridized carbons (Fsp3) is 0.720. The van der Waals surface area contributed by atoms with Crippen LogP contribution in [0, 0.1) is 11.8 Å². The molecule has 7 nitrogen and oxygen atoms in total. The van der Waals surface area contributed by atoms with E-state index in [1.165, 1.54) is 19.4 Å². The first-order valence-electron chi connectivity index (χ1n) is 11.7. The number of carbonyl (C=O) groups excluding carboxylic acids is 2. The lowest BCUT2D eigenvalue weighted by Crippen LogP contribution is -2.25. The molecule has 1 fully saturated rings. The number of aliphatic hydroxyl groups is 1. The quantitative estimate of drug-likeness (QED) is 0.226. The van der Waals surface area contributed by atoms with Crippen molar-refractivity contribution in [1.82, 2.24) is 0 Å². The van der Waals surface area contributed by atoms with E-state index in [1.54, 1.807) is 6.08 Å². The maximum atomic E-state index is 11.7. The van der Waals surface area contributed by atoms with Gasteiger partial charge in [0.25, 0.3) is 0 Å². The molecule has 0 bridgehead atoms. The molecule has 2 N–H and O–H groups in total. The summed E-state index contributed by atoms with van der Waals surface area (Å²) in [6.07, 6.45) is 10.4. The number of carboxylic acids is 1. The third kappa shape index (κ3) is 11.5. The van der Waals surface area contributed by atoms with Gasteiger partial charge in [0, 0.05) is 38.5 Å². The lowest BCUT2D eigenvalue weighted by molar-refractivity contribution is -0.149. The highest BCUT2D eigenvalue weighted by molar-refractivity contribution is 5.67. The van der Waals surface area contributed by atoms with Gasteiger partial charge in [0.2, 0.25) is 0 Å². The number of allylic oxidation sites excluding steroid dienone is 2. The Labute approximate surface area is 191 Å². The Morgan fingerprint density at radius 1 is 0.969 bits per heavy atom. The largest absolute Gasteiger partial charge is 0.481 e. The highest BCUT2D eigenvalue weighted by atomic mass is 16.6. The Balaban J connectivity index is 2.84. The first kappa shape index (κ1) is 27.9. The summed E-state index contributed by atoms with van der Waals surface area (Å²) < 4.78 is 11.1. The van der Waals surface area contributed by atoms with Gasteiger partial charge in [-0.2, -0.15) is 0 Å². The fourth-order valence-electron chi connectivity index (χ4n) is 4.32. The number of hydrogen-bond acceptors (Lipinski definition) is 6. The molecule has 1 aliphatic rings. The second-order valence-corrected chi connectivity index (χ2v) is 8.93. The van der Waals surface area contributed by atoms with Gasteiger partial charge in [0.05, 0.1) is 6.10 Å². The van der Waals surface area contributed by atoms with Gasteiger partial charge in [0.1, 0.15) is 12.2 Å². The van der Waals surface area contributed by atoms with Crippen molar-refractivity contribution in [3.63, 3.8) is 0 Å². The molecule has 0 unspecified atom stereocenters. The van der Waals surface area contributed by atoms with Crippen molar-refractivity contribution < 1.29 is 34.1 Å². The van der Waals surface area contributed by atoms with Crippen LogP contribution >= 0.6 is 0 Å². The van der Waals surface area contributed by atoms with E-state index < -0.39 is 18.2 Å². The number of aliphatic hydroxyl groups excluding tert-OH is 1. The zero-order chi connectivity index (χ0) is 24.1. The summed E-state index contributed by atoms with van der Waals surface area (Å²) in [5, 5.41) is 19.1. The predicted octanol–water partition coefficient (Wildman–Crippen LogP) is 4.57. The second-order valence-electron chi connectivity index (χ2n) is 8.93. The number of unbranched alkanes of at least 4 members (excludes halogenated alkanes) is 3. The van der Waals surface area contributed by atoms with Crippen molar-refractivity contribution in [2.45, 2.75) is 104 Å². The van der Waals surface area contributed by atoms with Gasteiger partial charge in [-0.1, -0.05) is 43.1 Å². The monoisotopic (exact) mass is 452 g/mol. The molecule has 1 saturated carbocycles. The standard InChI is InChI=1S/C25H40O7/c1-17(2)10-9-11-20(28)14-15-22-21(12-7-5-6-8-13-25(29)30)23(31-18(3)26)16-24(22)32-19(4)27/h10,14-15,20-24,28H,5-9,11-13,16H2,1-4H3,(H,29,30)/b15-14+/t20-,21-,22-,23+,24-/m1/s1. The molecule has 0 saturated heterocycles. The lowest BCUT2D eigenvalue weighted by Gasteiger charge is -2.24. The topological polar surface area (TPSA) is 110 Å². The summed E-state index contributed by atoms with van der Waals surface area (Å²) in [5.74, 6) is -1.71. The molecule has 0 heterocycles. The number of carbonyl (C=O) groups is 3. The van der Waals surface area contributed by atoms with E-state index in [2.05, 4.69) is 6.08 Å². The third-order valence-electron chi connectivity index (χ3n) is 5.75. The summed E-state index contributed by atoms with van der Waals surface area (Å²) in [7, 11) is 0. The number of esters is 2. The number of ether oxygens (including phenoxy) is 2. The Morgan fingerprint density at radius 3 is 2.19 bits per heavy atom. The molecule has 7 heteroatoms. The first-order valence-corrected chi connectivity index (χ1v) is 11.7. The molecule has 1 rings (SSSR count). The van der Waals surface area contributed by atoms with Crippen molar-refractivity contribution in [2.24, 2.45) is 11.8 Å². The van der Waals surface area contributed by atoms with Crippen LogP contribution in [-0.4, -0.2) is 46.4 Å². The van der Waals surface area contributed by atoms with Gasteiger partial charge in [-0.3, -0.25) is 14.4 Å². The van der Waals surface area contributed by atoms with Crippen molar-refractivity contribution in [3.8, 4) is 0 Å². The normalized spacial score (nSPS) is 23.7. The van der Waals surface area contributed by atoms with Crippen LogP contribution in [0.25, 0.3) is 0 Å². The van der Waals surface area contributed by atoms with E-state index in [9.17, 15) is 19.5 Å². The van der Waals surface area contributed by atoms with Crippen molar-refractivity contribution >= 4 is 17.9 Å². The molecule has 1 aliphatic carbocycles. The van der Waals surface area contributed by atoms with Crippen molar-refractivity contribution in [3.05, 3.63) is 23.8 Å². The predicted molar refractivity (Wildman–Crippen MR) is 122 cm³/mol.